The lowest BCUT2D eigenvalue weighted by Gasteiger charge is -2.14. The fourth-order valence-electron chi connectivity index (χ4n) is 1.18. The number of carbonyl (C=O) groups is 1. The molecule has 1 atom stereocenters. The molecule has 0 saturated carbocycles. The molecule has 1 unspecified atom stereocenters. The van der Waals surface area contributed by atoms with E-state index >= 15 is 0 Å². The molecule has 0 rings (SSSR count). The number of hydrogen-bond acceptors (Lipinski definition) is 2. The Kier molecular flexibility index (Phi) is 6.53. The van der Waals surface area contributed by atoms with Crippen molar-refractivity contribution in [3.05, 3.63) is 0 Å². The number of ether oxygens (including phenoxy) is 1. The lowest BCUT2D eigenvalue weighted by atomic mass is 10.1. The maximum Gasteiger partial charge on any atom is 0.404 e. The first-order valence-corrected chi connectivity index (χ1v) is 4.66. The first-order chi connectivity index (χ1) is 5.70. The molecular weight excluding hydrogens is 154 g/mol. The van der Waals surface area contributed by atoms with Crippen molar-refractivity contribution in [2.45, 2.75) is 52.1 Å². The Labute approximate surface area is 74.3 Å². The minimum Gasteiger partial charge on any atom is -0.446 e. The highest BCUT2D eigenvalue weighted by Crippen LogP contribution is 2.10. The minimum absolute atomic E-state index is 0.0347. The molecule has 0 bridgehead atoms. The van der Waals surface area contributed by atoms with Gasteiger partial charge in [0.1, 0.15) is 6.10 Å². The van der Waals surface area contributed by atoms with Gasteiger partial charge >= 0.3 is 6.09 Å². The Bertz CT molecular complexity index is 126. The summed E-state index contributed by atoms with van der Waals surface area (Å²) in [5.74, 6) is 0. The summed E-state index contributed by atoms with van der Waals surface area (Å²) in [5, 5.41) is 0. The summed E-state index contributed by atoms with van der Waals surface area (Å²) in [6.45, 7) is 4.19. The van der Waals surface area contributed by atoms with Crippen molar-refractivity contribution >= 4 is 6.09 Å². The van der Waals surface area contributed by atoms with Gasteiger partial charge in [-0.1, -0.05) is 33.1 Å². The van der Waals surface area contributed by atoms with Crippen LogP contribution in [0.3, 0.4) is 0 Å². The summed E-state index contributed by atoms with van der Waals surface area (Å²) >= 11 is 0. The van der Waals surface area contributed by atoms with Crippen LogP contribution in [0, 0.1) is 0 Å². The van der Waals surface area contributed by atoms with Gasteiger partial charge in [-0.15, -0.1) is 0 Å². The number of nitrogens with two attached hydrogens (primary N) is 1. The number of primary amides is 1. The normalized spacial score (nSPS) is 12.5. The van der Waals surface area contributed by atoms with Gasteiger partial charge in [0.2, 0.25) is 0 Å². The van der Waals surface area contributed by atoms with Crippen LogP contribution >= 0.6 is 0 Å². The molecule has 1 amide bonds. The largest absolute Gasteiger partial charge is 0.446 e. The van der Waals surface area contributed by atoms with E-state index in [0.29, 0.717) is 0 Å². The van der Waals surface area contributed by atoms with Gasteiger partial charge in [-0.3, -0.25) is 0 Å². The van der Waals surface area contributed by atoms with E-state index in [2.05, 4.69) is 13.8 Å². The molecule has 3 heteroatoms. The minimum atomic E-state index is -0.649. The molecule has 0 spiro atoms. The second-order valence-corrected chi connectivity index (χ2v) is 2.99. The molecule has 0 aromatic heterocycles. The molecule has 0 radical (unpaired) electrons. The topological polar surface area (TPSA) is 52.3 Å². The van der Waals surface area contributed by atoms with Gasteiger partial charge in [-0.25, -0.2) is 4.79 Å². The third kappa shape index (κ3) is 6.01. The van der Waals surface area contributed by atoms with Crippen LogP contribution in [0.2, 0.25) is 0 Å². The molecule has 12 heavy (non-hydrogen) atoms. The number of hydrogen-bond donors (Lipinski definition) is 1. The zero-order chi connectivity index (χ0) is 9.40. The van der Waals surface area contributed by atoms with Gasteiger partial charge in [0.05, 0.1) is 0 Å². The molecule has 2 N–H and O–H groups in total. The van der Waals surface area contributed by atoms with Gasteiger partial charge in [-0.05, 0) is 12.8 Å². The SMILES string of the molecule is CCCCC(CCC)OC(N)=O. The standard InChI is InChI=1S/C9H19NO2/c1-3-5-7-8(6-4-2)12-9(10)11/h8H,3-7H2,1-2H3,(H2,10,11). The molecule has 0 aliphatic rings. The highest BCUT2D eigenvalue weighted by Gasteiger charge is 2.09. The van der Waals surface area contributed by atoms with Crippen molar-refractivity contribution in [3.63, 3.8) is 0 Å². The van der Waals surface area contributed by atoms with Crippen LogP contribution in [-0.2, 0) is 4.74 Å². The summed E-state index contributed by atoms with van der Waals surface area (Å²) in [4.78, 5) is 10.4. The summed E-state index contributed by atoms with van der Waals surface area (Å²) in [5.41, 5.74) is 4.93. The van der Waals surface area contributed by atoms with Crippen molar-refractivity contribution in [1.29, 1.82) is 0 Å². The van der Waals surface area contributed by atoms with E-state index in [1.54, 1.807) is 0 Å². The van der Waals surface area contributed by atoms with Crippen LogP contribution in [0.5, 0.6) is 0 Å². The summed E-state index contributed by atoms with van der Waals surface area (Å²) in [7, 11) is 0. The van der Waals surface area contributed by atoms with E-state index in [0.717, 1.165) is 32.1 Å². The van der Waals surface area contributed by atoms with Gasteiger partial charge in [-0.2, -0.15) is 0 Å². The Morgan fingerprint density at radius 3 is 2.42 bits per heavy atom. The first kappa shape index (κ1) is 11.3. The Morgan fingerprint density at radius 1 is 1.33 bits per heavy atom. The van der Waals surface area contributed by atoms with Crippen LogP contribution in [0.4, 0.5) is 4.79 Å². The molecule has 0 saturated heterocycles. The van der Waals surface area contributed by atoms with E-state index in [-0.39, 0.29) is 6.10 Å². The zero-order valence-corrected chi connectivity index (χ0v) is 8.01. The molecule has 72 valence electrons. The van der Waals surface area contributed by atoms with Gasteiger partial charge in [0.25, 0.3) is 0 Å². The Balaban J connectivity index is 3.61. The maximum atomic E-state index is 10.4. The monoisotopic (exact) mass is 173 g/mol. The molecule has 0 aromatic rings. The summed E-state index contributed by atoms with van der Waals surface area (Å²) < 4.78 is 4.93. The van der Waals surface area contributed by atoms with Crippen LogP contribution in [0.15, 0.2) is 0 Å². The van der Waals surface area contributed by atoms with Gasteiger partial charge < -0.3 is 10.5 Å². The zero-order valence-electron chi connectivity index (χ0n) is 8.01. The van der Waals surface area contributed by atoms with Crippen molar-refractivity contribution in [1.82, 2.24) is 0 Å². The van der Waals surface area contributed by atoms with Crippen LogP contribution < -0.4 is 5.73 Å². The molecule has 0 aliphatic carbocycles. The lowest BCUT2D eigenvalue weighted by Crippen LogP contribution is -2.22. The van der Waals surface area contributed by atoms with Crippen LogP contribution in [0.1, 0.15) is 46.0 Å². The Hall–Kier alpha value is -0.730. The van der Waals surface area contributed by atoms with Crippen molar-refractivity contribution in [2.24, 2.45) is 5.73 Å². The lowest BCUT2D eigenvalue weighted by molar-refractivity contribution is 0.0939. The van der Waals surface area contributed by atoms with Crippen LogP contribution in [0.25, 0.3) is 0 Å². The molecular formula is C9H19NO2. The third-order valence-electron chi connectivity index (χ3n) is 1.77. The molecule has 0 heterocycles. The van der Waals surface area contributed by atoms with E-state index in [9.17, 15) is 4.79 Å². The average Bonchev–Trinajstić information content (AvgIpc) is 2.00. The predicted molar refractivity (Wildman–Crippen MR) is 48.9 cm³/mol. The van der Waals surface area contributed by atoms with Gasteiger partial charge in [0, 0.05) is 0 Å². The summed E-state index contributed by atoms with van der Waals surface area (Å²) in [6, 6.07) is 0. The van der Waals surface area contributed by atoms with E-state index in [4.69, 9.17) is 10.5 Å². The second kappa shape index (κ2) is 6.95. The van der Waals surface area contributed by atoms with Crippen molar-refractivity contribution in [3.8, 4) is 0 Å². The Morgan fingerprint density at radius 2 is 2.00 bits per heavy atom. The molecule has 0 fully saturated rings. The fourth-order valence-corrected chi connectivity index (χ4v) is 1.18. The highest BCUT2D eigenvalue weighted by molar-refractivity contribution is 5.64. The molecule has 0 aromatic carbocycles. The van der Waals surface area contributed by atoms with Gasteiger partial charge in [0.15, 0.2) is 0 Å². The maximum absolute atomic E-state index is 10.4. The average molecular weight is 173 g/mol. The second-order valence-electron chi connectivity index (χ2n) is 2.99. The van der Waals surface area contributed by atoms with E-state index < -0.39 is 6.09 Å². The van der Waals surface area contributed by atoms with Crippen molar-refractivity contribution in [2.75, 3.05) is 0 Å². The van der Waals surface area contributed by atoms with Crippen molar-refractivity contribution < 1.29 is 9.53 Å². The predicted octanol–water partition coefficient (Wildman–Crippen LogP) is 2.44. The smallest absolute Gasteiger partial charge is 0.404 e. The number of amides is 1. The highest BCUT2D eigenvalue weighted by atomic mass is 16.6. The number of unbranched alkanes of at least 4 members (excludes halogenated alkanes) is 1. The number of carbonyl (C=O) groups excluding carboxylic acids is 1. The molecule has 0 aliphatic heterocycles. The number of rotatable bonds is 6. The fraction of sp³-hybridized carbons (Fsp3) is 0.889. The molecule has 3 nitrogen and oxygen atoms in total. The first-order valence-electron chi connectivity index (χ1n) is 4.66. The van der Waals surface area contributed by atoms with E-state index in [1.807, 2.05) is 0 Å². The van der Waals surface area contributed by atoms with Crippen LogP contribution in [-0.4, -0.2) is 12.2 Å². The summed E-state index contributed by atoms with van der Waals surface area (Å²) in [6.07, 6.45) is 4.50. The van der Waals surface area contributed by atoms with E-state index in [1.165, 1.54) is 0 Å². The quantitative estimate of drug-likeness (QED) is 0.670. The third-order valence-corrected chi connectivity index (χ3v) is 1.77.